The molecule has 2 aromatic carbocycles. The number of nitrogens with one attached hydrogen (secondary N) is 3. The fourth-order valence-electron chi connectivity index (χ4n) is 5.38. The van der Waals surface area contributed by atoms with Gasteiger partial charge in [0.25, 0.3) is 5.91 Å². The van der Waals surface area contributed by atoms with Crippen LogP contribution in [0.4, 0.5) is 23.1 Å². The number of ether oxygens (including phenoxy) is 1. The summed E-state index contributed by atoms with van der Waals surface area (Å²) in [5.74, 6) is 1.74. The van der Waals surface area contributed by atoms with E-state index < -0.39 is 0 Å². The molecule has 1 amide bonds. The Hall–Kier alpha value is -4.18. The van der Waals surface area contributed by atoms with Crippen LogP contribution in [0.2, 0.25) is 0 Å². The third-order valence-corrected chi connectivity index (χ3v) is 7.37. The molecule has 0 unspecified atom stereocenters. The number of rotatable bonds is 7. The quantitative estimate of drug-likeness (QED) is 0.309. The molecule has 4 aromatic rings. The van der Waals surface area contributed by atoms with Crippen LogP contribution in [-0.2, 0) is 6.54 Å². The normalized spacial score (nSPS) is 16.2. The molecule has 2 aliphatic heterocycles. The van der Waals surface area contributed by atoms with E-state index in [2.05, 4.69) is 43.8 Å². The molecule has 2 aliphatic rings. The number of amides is 1. The minimum Gasteiger partial charge on any atom is -0.489 e. The molecular formula is C29H34N8O2. The number of nitrogens with zero attached hydrogens (tertiary/aromatic N) is 5. The number of carbonyl (C=O) groups is 1. The summed E-state index contributed by atoms with van der Waals surface area (Å²) in [5.41, 5.74) is 5.01. The predicted octanol–water partition coefficient (Wildman–Crippen LogP) is 4.99. The van der Waals surface area contributed by atoms with Gasteiger partial charge in [-0.2, -0.15) is 15.1 Å². The number of hydrogen-bond acceptors (Lipinski definition) is 8. The first-order chi connectivity index (χ1) is 18.8. The standard InChI is InChI=1S/C29H34N8O2/c1-17(2)39-25-13-19-16-37(21-8-10-36(4)11-9-21)28(38)22(19)14-24(25)32-29-33-26(23-15-30-35-27(23)34-29)31-20-7-5-6-18(3)12-20/h5-7,12-15,17,21H,8-11,16H2,1-4H3,(H3,30,31,32,33,34,35). The molecule has 4 heterocycles. The number of carbonyl (C=O) groups excluding carboxylic acids is 1. The smallest absolute Gasteiger partial charge is 0.254 e. The zero-order chi connectivity index (χ0) is 27.1. The molecule has 10 nitrogen and oxygen atoms in total. The minimum atomic E-state index is -0.0414. The van der Waals surface area contributed by atoms with E-state index in [0.717, 1.165) is 48.1 Å². The molecule has 0 spiro atoms. The van der Waals surface area contributed by atoms with Crippen LogP contribution in [0.25, 0.3) is 11.0 Å². The largest absolute Gasteiger partial charge is 0.489 e. The van der Waals surface area contributed by atoms with Crippen molar-refractivity contribution in [2.75, 3.05) is 30.8 Å². The lowest BCUT2D eigenvalue weighted by Gasteiger charge is -2.34. The van der Waals surface area contributed by atoms with E-state index in [1.165, 1.54) is 0 Å². The molecule has 0 bridgehead atoms. The van der Waals surface area contributed by atoms with E-state index in [4.69, 9.17) is 9.72 Å². The molecule has 202 valence electrons. The van der Waals surface area contributed by atoms with Crippen molar-refractivity contribution in [3.05, 3.63) is 59.3 Å². The van der Waals surface area contributed by atoms with Crippen molar-refractivity contribution in [1.82, 2.24) is 30.0 Å². The Morgan fingerprint density at radius 2 is 1.92 bits per heavy atom. The van der Waals surface area contributed by atoms with E-state index in [9.17, 15) is 4.79 Å². The predicted molar refractivity (Wildman–Crippen MR) is 152 cm³/mol. The topological polar surface area (TPSA) is 111 Å². The fraction of sp³-hybridized carbons (Fsp3) is 0.379. The van der Waals surface area contributed by atoms with Gasteiger partial charge < -0.3 is 25.2 Å². The molecule has 0 radical (unpaired) electrons. The SMILES string of the molecule is Cc1cccc(Nc2nc(Nc3cc4c(cc3OC(C)C)CN(C3CCN(C)CC3)C4=O)nc3[nH]ncc23)c1. The summed E-state index contributed by atoms with van der Waals surface area (Å²) in [6.45, 7) is 8.65. The summed E-state index contributed by atoms with van der Waals surface area (Å²) in [7, 11) is 2.13. The number of fused-ring (bicyclic) bond motifs is 2. The van der Waals surface area contributed by atoms with Gasteiger partial charge >= 0.3 is 0 Å². The molecule has 39 heavy (non-hydrogen) atoms. The number of aryl methyl sites for hydroxylation is 1. The molecule has 2 aromatic heterocycles. The molecule has 10 heteroatoms. The Morgan fingerprint density at radius 3 is 2.69 bits per heavy atom. The lowest BCUT2D eigenvalue weighted by atomic mass is 10.0. The summed E-state index contributed by atoms with van der Waals surface area (Å²) >= 11 is 0. The average molecular weight is 527 g/mol. The van der Waals surface area contributed by atoms with Crippen LogP contribution in [-0.4, -0.2) is 68.2 Å². The lowest BCUT2D eigenvalue weighted by molar-refractivity contribution is 0.0617. The van der Waals surface area contributed by atoms with Crippen LogP contribution < -0.4 is 15.4 Å². The van der Waals surface area contributed by atoms with E-state index in [1.54, 1.807) is 6.20 Å². The number of H-pyrrole nitrogens is 1. The van der Waals surface area contributed by atoms with Gasteiger partial charge in [-0.15, -0.1) is 0 Å². The number of aromatic nitrogens is 4. The van der Waals surface area contributed by atoms with Gasteiger partial charge in [0, 0.05) is 23.8 Å². The van der Waals surface area contributed by atoms with Crippen LogP contribution in [0.3, 0.4) is 0 Å². The summed E-state index contributed by atoms with van der Waals surface area (Å²) in [6.07, 6.45) is 3.65. The number of aromatic amines is 1. The van der Waals surface area contributed by atoms with Crippen molar-refractivity contribution in [1.29, 1.82) is 0 Å². The van der Waals surface area contributed by atoms with Crippen LogP contribution >= 0.6 is 0 Å². The maximum atomic E-state index is 13.5. The average Bonchev–Trinajstić information content (AvgIpc) is 3.49. The first-order valence-corrected chi connectivity index (χ1v) is 13.5. The lowest BCUT2D eigenvalue weighted by Crippen LogP contribution is -2.43. The Labute approximate surface area is 227 Å². The second-order valence-corrected chi connectivity index (χ2v) is 10.8. The molecule has 0 atom stereocenters. The van der Waals surface area contributed by atoms with Crippen LogP contribution in [0, 0.1) is 6.92 Å². The fourth-order valence-corrected chi connectivity index (χ4v) is 5.38. The van der Waals surface area contributed by atoms with Gasteiger partial charge in [0.1, 0.15) is 11.6 Å². The van der Waals surface area contributed by atoms with Gasteiger partial charge in [-0.25, -0.2) is 0 Å². The number of likely N-dealkylation sites (tertiary alicyclic amines) is 1. The maximum Gasteiger partial charge on any atom is 0.254 e. The number of benzene rings is 2. The van der Waals surface area contributed by atoms with Crippen molar-refractivity contribution in [3.8, 4) is 5.75 Å². The van der Waals surface area contributed by atoms with Crippen LogP contribution in [0.5, 0.6) is 5.75 Å². The van der Waals surface area contributed by atoms with Gasteiger partial charge in [-0.3, -0.25) is 9.89 Å². The van der Waals surface area contributed by atoms with Gasteiger partial charge in [-0.05, 0) is 89.1 Å². The number of hydrogen-bond donors (Lipinski definition) is 3. The van der Waals surface area contributed by atoms with E-state index >= 15 is 0 Å². The maximum absolute atomic E-state index is 13.5. The number of piperidine rings is 1. The second-order valence-electron chi connectivity index (χ2n) is 10.8. The summed E-state index contributed by atoms with van der Waals surface area (Å²) in [4.78, 5) is 27.3. The van der Waals surface area contributed by atoms with Crippen molar-refractivity contribution in [2.45, 2.75) is 52.3 Å². The summed E-state index contributed by atoms with van der Waals surface area (Å²) < 4.78 is 6.19. The summed E-state index contributed by atoms with van der Waals surface area (Å²) in [6, 6.07) is 12.2. The van der Waals surface area contributed by atoms with E-state index in [1.807, 2.05) is 56.0 Å². The first kappa shape index (κ1) is 25.1. The van der Waals surface area contributed by atoms with Gasteiger partial charge in [-0.1, -0.05) is 12.1 Å². The molecular weight excluding hydrogens is 492 g/mol. The van der Waals surface area contributed by atoms with Crippen molar-refractivity contribution in [3.63, 3.8) is 0 Å². The zero-order valence-electron chi connectivity index (χ0n) is 22.8. The molecule has 0 saturated carbocycles. The van der Waals surface area contributed by atoms with Crippen molar-refractivity contribution in [2.24, 2.45) is 0 Å². The zero-order valence-corrected chi connectivity index (χ0v) is 22.8. The molecule has 0 aliphatic carbocycles. The molecule has 1 saturated heterocycles. The molecule has 3 N–H and O–H groups in total. The second kappa shape index (κ2) is 10.2. The van der Waals surface area contributed by atoms with Gasteiger partial charge in [0.2, 0.25) is 5.95 Å². The Morgan fingerprint density at radius 1 is 1.10 bits per heavy atom. The third kappa shape index (κ3) is 5.12. The Balaban J connectivity index is 1.33. The first-order valence-electron chi connectivity index (χ1n) is 13.5. The van der Waals surface area contributed by atoms with Crippen LogP contribution in [0.15, 0.2) is 42.6 Å². The van der Waals surface area contributed by atoms with Crippen molar-refractivity contribution >= 4 is 40.1 Å². The van der Waals surface area contributed by atoms with Crippen LogP contribution in [0.1, 0.15) is 48.2 Å². The third-order valence-electron chi connectivity index (χ3n) is 7.37. The Kier molecular flexibility index (Phi) is 6.56. The minimum absolute atomic E-state index is 0.0414. The molecule has 6 rings (SSSR count). The van der Waals surface area contributed by atoms with E-state index in [0.29, 0.717) is 41.0 Å². The van der Waals surface area contributed by atoms with Gasteiger partial charge in [0.05, 0.1) is 23.4 Å². The van der Waals surface area contributed by atoms with E-state index in [-0.39, 0.29) is 18.1 Å². The Bertz CT molecular complexity index is 1520. The highest BCUT2D eigenvalue weighted by Gasteiger charge is 2.35. The van der Waals surface area contributed by atoms with Gasteiger partial charge in [0.15, 0.2) is 5.65 Å². The van der Waals surface area contributed by atoms with Crippen molar-refractivity contribution < 1.29 is 9.53 Å². The summed E-state index contributed by atoms with van der Waals surface area (Å²) in [5, 5.41) is 14.6. The monoisotopic (exact) mass is 526 g/mol. The highest BCUT2D eigenvalue weighted by Crippen LogP contribution is 2.37. The molecule has 1 fully saturated rings. The highest BCUT2D eigenvalue weighted by molar-refractivity contribution is 6.00. The number of anilines is 4. The highest BCUT2D eigenvalue weighted by atomic mass is 16.5.